The van der Waals surface area contributed by atoms with Crippen molar-refractivity contribution in [1.29, 1.82) is 0 Å². The Labute approximate surface area is 304 Å². The first-order valence-electron chi connectivity index (χ1n) is 18.8. The van der Waals surface area contributed by atoms with Gasteiger partial charge in [-0.1, -0.05) is 66.7 Å². The van der Waals surface area contributed by atoms with E-state index in [-0.39, 0.29) is 36.9 Å². The van der Waals surface area contributed by atoms with Gasteiger partial charge in [-0.3, -0.25) is 33.8 Å². The number of ketones is 1. The minimum atomic E-state index is -3.19. The fraction of sp³-hybridized carbons (Fsp3) is 0.730. The first kappa shape index (κ1) is 40.7. The number of carbonyl (C=O) groups is 6. The predicted octanol–water partition coefficient (Wildman–Crippen LogP) is 3.47. The molecule has 15 heteroatoms. The minimum absolute atomic E-state index is 0.0226. The summed E-state index contributed by atoms with van der Waals surface area (Å²) in [5.41, 5.74) is -0.930. The number of likely N-dealkylation sites (tertiary alicyclic amines) is 1. The fourth-order valence-electron chi connectivity index (χ4n) is 7.18. The number of hydrogen-bond acceptors (Lipinski definition) is 8. The zero-order valence-electron chi connectivity index (χ0n) is 31.0. The van der Waals surface area contributed by atoms with Crippen molar-refractivity contribution in [1.82, 2.24) is 36.1 Å². The lowest BCUT2D eigenvalue weighted by Crippen LogP contribution is -2.62. The molecule has 1 aromatic rings. The molecule has 4 N–H and O–H groups in total. The summed E-state index contributed by atoms with van der Waals surface area (Å²) in [5, 5.41) is 10.9. The summed E-state index contributed by atoms with van der Waals surface area (Å²) < 4.78 is 30.9. The van der Waals surface area contributed by atoms with Gasteiger partial charge in [-0.05, 0) is 49.9 Å². The topological polar surface area (TPSA) is 180 Å². The lowest BCUT2D eigenvalue weighted by Gasteiger charge is -2.37. The Hall–Kier alpha value is -4.04. The summed E-state index contributed by atoms with van der Waals surface area (Å²) in [7, 11) is 0. The third-order valence-corrected chi connectivity index (χ3v) is 10.3. The quantitative estimate of drug-likeness (QED) is 0.187. The van der Waals surface area contributed by atoms with E-state index in [0.29, 0.717) is 19.3 Å². The van der Waals surface area contributed by atoms with E-state index in [1.165, 1.54) is 18.6 Å². The normalized spacial score (nSPS) is 21.4. The molecule has 2 aliphatic carbocycles. The number of alkyl halides is 2. The second-order valence-electron chi connectivity index (χ2n) is 15.7. The smallest absolute Gasteiger partial charge is 0.289 e. The van der Waals surface area contributed by atoms with E-state index in [1.807, 2.05) is 0 Å². The Morgan fingerprint density at radius 3 is 2.19 bits per heavy atom. The molecule has 0 radical (unpaired) electrons. The van der Waals surface area contributed by atoms with Crippen molar-refractivity contribution >= 4 is 35.3 Å². The Kier molecular flexibility index (Phi) is 13.8. The monoisotopic (exact) mass is 731 g/mol. The Morgan fingerprint density at radius 2 is 1.62 bits per heavy atom. The SMILES string of the molecule is CCC[C@@H](NC(=O)[C@@H]1CC(C(F)(F)CCC)CN1C(=O)[C@@H](NC(=O)[C@H](NC(=O)c1cnccn1)C1CCCCC1)C(C)(C)C)C(=O)C(=O)NC1CC1. The molecule has 1 aromatic heterocycles. The third kappa shape index (κ3) is 10.5. The molecule has 2 heterocycles. The van der Waals surface area contributed by atoms with Gasteiger partial charge in [-0.15, -0.1) is 0 Å². The maximum Gasteiger partial charge on any atom is 0.289 e. The van der Waals surface area contributed by atoms with Gasteiger partial charge in [0.25, 0.3) is 17.7 Å². The number of carbonyl (C=O) groups excluding carboxylic acids is 6. The standard InChI is InChI=1S/C37H55F2N7O6/c1-6-11-25(29(47)34(51)42-24-14-15-24)43-32(49)27-19-23(37(38,39)16-7-2)21-46(27)35(52)30(36(3,4)5)45-33(50)28(22-12-9-8-10-13-22)44-31(48)26-20-40-17-18-41-26/h17-18,20,22-25,27-28,30H,6-16,19,21H2,1-5H3,(H,42,51)(H,43,49)(H,44,48)(H,45,50)/t23?,25-,27+,28-,30-/m1/s1. The highest BCUT2D eigenvalue weighted by Crippen LogP contribution is 2.40. The zero-order chi connectivity index (χ0) is 38.2. The van der Waals surface area contributed by atoms with Gasteiger partial charge in [0.2, 0.25) is 23.5 Å². The van der Waals surface area contributed by atoms with Crippen molar-refractivity contribution in [2.24, 2.45) is 17.3 Å². The van der Waals surface area contributed by atoms with Crippen LogP contribution in [0.3, 0.4) is 0 Å². The molecule has 2 saturated carbocycles. The van der Waals surface area contributed by atoms with Crippen LogP contribution in [0.5, 0.6) is 0 Å². The van der Waals surface area contributed by atoms with Gasteiger partial charge in [0, 0.05) is 37.3 Å². The van der Waals surface area contributed by atoms with Crippen LogP contribution in [-0.2, 0) is 24.0 Å². The highest BCUT2D eigenvalue weighted by molar-refractivity contribution is 6.38. The van der Waals surface area contributed by atoms with Gasteiger partial charge in [-0.2, -0.15) is 0 Å². The summed E-state index contributed by atoms with van der Waals surface area (Å²) in [5.74, 6) is -9.18. The number of halogens is 2. The summed E-state index contributed by atoms with van der Waals surface area (Å²) >= 11 is 0. The van der Waals surface area contributed by atoms with Gasteiger partial charge in [0.15, 0.2) is 0 Å². The molecule has 4 rings (SSSR count). The van der Waals surface area contributed by atoms with Crippen LogP contribution in [0.25, 0.3) is 0 Å². The third-order valence-electron chi connectivity index (χ3n) is 10.3. The predicted molar refractivity (Wildman–Crippen MR) is 188 cm³/mol. The second kappa shape index (κ2) is 17.7. The summed E-state index contributed by atoms with van der Waals surface area (Å²) in [6, 6.07) is -4.96. The molecule has 3 fully saturated rings. The van der Waals surface area contributed by atoms with E-state index < -0.39 is 89.7 Å². The highest BCUT2D eigenvalue weighted by Gasteiger charge is 2.52. The summed E-state index contributed by atoms with van der Waals surface area (Å²) in [6.07, 6.45) is 9.61. The van der Waals surface area contributed by atoms with Crippen molar-refractivity contribution < 1.29 is 37.5 Å². The van der Waals surface area contributed by atoms with E-state index in [4.69, 9.17) is 0 Å². The van der Waals surface area contributed by atoms with E-state index in [2.05, 4.69) is 31.2 Å². The molecule has 52 heavy (non-hydrogen) atoms. The number of nitrogens with zero attached hydrogens (tertiary/aromatic N) is 3. The van der Waals surface area contributed by atoms with Crippen LogP contribution >= 0.6 is 0 Å². The maximum absolute atomic E-state index is 15.5. The number of rotatable bonds is 16. The summed E-state index contributed by atoms with van der Waals surface area (Å²) in [6.45, 7) is 8.10. The lowest BCUT2D eigenvalue weighted by molar-refractivity contribution is -0.145. The van der Waals surface area contributed by atoms with E-state index in [9.17, 15) is 28.8 Å². The number of Topliss-reactive ketones (excluding diaryl/α,β-unsaturated/α-hetero) is 1. The van der Waals surface area contributed by atoms with Gasteiger partial charge in [-0.25, -0.2) is 13.8 Å². The Morgan fingerprint density at radius 1 is 0.923 bits per heavy atom. The van der Waals surface area contributed by atoms with Crippen LogP contribution in [0.4, 0.5) is 8.78 Å². The van der Waals surface area contributed by atoms with E-state index >= 15 is 8.78 Å². The van der Waals surface area contributed by atoms with Gasteiger partial charge < -0.3 is 26.2 Å². The number of amides is 5. The van der Waals surface area contributed by atoms with Crippen LogP contribution in [0.15, 0.2) is 18.6 Å². The summed E-state index contributed by atoms with van der Waals surface area (Å²) in [4.78, 5) is 90.5. The van der Waals surface area contributed by atoms with Crippen LogP contribution in [0.1, 0.15) is 122 Å². The number of nitrogens with one attached hydrogen (secondary N) is 4. The molecule has 0 aromatic carbocycles. The molecule has 5 amide bonds. The lowest BCUT2D eigenvalue weighted by atomic mass is 9.82. The average Bonchev–Trinajstić information content (AvgIpc) is 3.80. The Balaban J connectivity index is 1.61. The molecule has 3 aliphatic rings. The van der Waals surface area contributed by atoms with Crippen molar-refractivity contribution in [3.63, 3.8) is 0 Å². The van der Waals surface area contributed by atoms with Crippen molar-refractivity contribution in [3.05, 3.63) is 24.3 Å². The van der Waals surface area contributed by atoms with E-state index in [0.717, 1.165) is 37.0 Å². The highest BCUT2D eigenvalue weighted by atomic mass is 19.3. The van der Waals surface area contributed by atoms with Crippen LogP contribution in [0.2, 0.25) is 0 Å². The Bertz CT molecular complexity index is 1450. The van der Waals surface area contributed by atoms with Crippen molar-refractivity contribution in [2.45, 2.75) is 148 Å². The molecule has 1 aliphatic heterocycles. The first-order chi connectivity index (χ1) is 24.6. The minimum Gasteiger partial charge on any atom is -0.347 e. The van der Waals surface area contributed by atoms with Gasteiger partial charge in [0.05, 0.1) is 12.2 Å². The molecular formula is C37H55F2N7O6. The van der Waals surface area contributed by atoms with Crippen LogP contribution < -0.4 is 21.3 Å². The number of aromatic nitrogens is 2. The van der Waals surface area contributed by atoms with Crippen molar-refractivity contribution in [3.8, 4) is 0 Å². The van der Waals surface area contributed by atoms with Gasteiger partial charge >= 0.3 is 0 Å². The largest absolute Gasteiger partial charge is 0.347 e. The molecule has 5 atom stereocenters. The zero-order valence-corrected chi connectivity index (χ0v) is 31.0. The molecule has 288 valence electrons. The second-order valence-corrected chi connectivity index (χ2v) is 15.7. The van der Waals surface area contributed by atoms with Crippen LogP contribution in [-0.4, -0.2) is 92.9 Å². The van der Waals surface area contributed by atoms with Crippen LogP contribution in [0, 0.1) is 17.3 Å². The van der Waals surface area contributed by atoms with Crippen molar-refractivity contribution in [2.75, 3.05) is 6.54 Å². The fourth-order valence-corrected chi connectivity index (χ4v) is 7.18. The molecule has 0 bridgehead atoms. The first-order valence-corrected chi connectivity index (χ1v) is 18.8. The van der Waals surface area contributed by atoms with E-state index in [1.54, 1.807) is 34.6 Å². The molecule has 1 unspecified atom stereocenters. The molecule has 13 nitrogen and oxygen atoms in total. The maximum atomic E-state index is 15.5. The average molecular weight is 732 g/mol. The van der Waals surface area contributed by atoms with Gasteiger partial charge in [0.1, 0.15) is 23.8 Å². The molecule has 0 spiro atoms. The molecular weight excluding hydrogens is 676 g/mol. The molecule has 1 saturated heterocycles. The number of hydrogen-bond donors (Lipinski definition) is 4.